The van der Waals surface area contributed by atoms with E-state index in [1.165, 1.54) is 16.4 Å². The van der Waals surface area contributed by atoms with Gasteiger partial charge in [-0.15, -0.1) is 0 Å². The van der Waals surface area contributed by atoms with E-state index in [0.717, 1.165) is 50.5 Å². The molecule has 0 saturated carbocycles. The van der Waals surface area contributed by atoms with Crippen LogP contribution in [0.15, 0.2) is 120 Å². The molecule has 4 rings (SSSR count). The summed E-state index contributed by atoms with van der Waals surface area (Å²) in [6, 6.07) is 14.6. The fraction of sp³-hybridized carbons (Fsp3) is 0.489. The molecule has 0 spiro atoms. The fourth-order valence-corrected chi connectivity index (χ4v) is 8.49. The smallest absolute Gasteiger partial charge is 0.407 e. The first-order chi connectivity index (χ1) is 28.6. The Kier molecular flexibility index (Phi) is 20.9. The van der Waals surface area contributed by atoms with Crippen molar-refractivity contribution in [1.82, 2.24) is 9.62 Å². The number of amides is 2. The summed E-state index contributed by atoms with van der Waals surface area (Å²) in [6.45, 7) is 6.57. The molecule has 0 unspecified atom stereocenters. The molecule has 2 amide bonds. The van der Waals surface area contributed by atoms with Crippen molar-refractivity contribution >= 4 is 27.7 Å². The summed E-state index contributed by atoms with van der Waals surface area (Å²) in [4.78, 5) is 25.9. The number of allylic oxidation sites excluding steroid dienone is 10. The van der Waals surface area contributed by atoms with Crippen LogP contribution in [-0.4, -0.2) is 80.7 Å². The Balaban J connectivity index is 1.25. The van der Waals surface area contributed by atoms with Gasteiger partial charge in [-0.25, -0.2) is 13.2 Å². The van der Waals surface area contributed by atoms with Crippen LogP contribution in [0.4, 0.5) is 10.5 Å². The average Bonchev–Trinajstić information content (AvgIpc) is 3.84. The third-order valence-electron chi connectivity index (χ3n) is 9.98. The first-order valence-corrected chi connectivity index (χ1v) is 22.6. The minimum Gasteiger partial charge on any atom is -0.443 e. The van der Waals surface area contributed by atoms with E-state index in [2.05, 4.69) is 78.3 Å². The number of ether oxygens (including phenoxy) is 3. The number of carbonyl (C=O) groups is 2. The molecule has 2 aromatic rings. The molecule has 2 aliphatic heterocycles. The van der Waals surface area contributed by atoms with E-state index in [-0.39, 0.29) is 55.0 Å². The Morgan fingerprint density at radius 2 is 1.49 bits per heavy atom. The lowest BCUT2D eigenvalue weighted by molar-refractivity contribution is -0.116. The van der Waals surface area contributed by atoms with E-state index in [4.69, 9.17) is 14.2 Å². The molecule has 0 radical (unpaired) electrons. The van der Waals surface area contributed by atoms with E-state index in [1.54, 1.807) is 12.1 Å². The van der Waals surface area contributed by atoms with Gasteiger partial charge in [-0.1, -0.05) is 112 Å². The number of fused-ring (bicyclic) bond motifs is 1. The molecule has 0 aliphatic carbocycles. The Hall–Kier alpha value is -4.33. The van der Waals surface area contributed by atoms with Gasteiger partial charge < -0.3 is 30.0 Å². The second-order valence-corrected chi connectivity index (χ2v) is 17.3. The standard InChI is InChI=1S/C47H65N3O8S/c1-4-5-6-7-8-9-10-11-12-13-14-15-16-17-18-19-23-26-45(52)48-39-27-29-40(30-28-39)59(54,55)50(34-37(2)3)35-43(51)42(33-38-24-21-20-22-25-38)49-47(53)58-44-36-57-46-41(44)31-32-56-46/h5-6,8-9,11-12,14-15,17-18,20-22,24-25,27-30,37,41-44,46,51H,4,7,10,13,16,19,23,26,31-36H2,1-3H3,(H,48,52)(H,49,53)/t41-,42-,43+,44-,46+/m0/s1. The van der Waals surface area contributed by atoms with Crippen LogP contribution in [0.1, 0.15) is 84.1 Å². The van der Waals surface area contributed by atoms with Crippen LogP contribution in [0.25, 0.3) is 0 Å². The Morgan fingerprint density at radius 3 is 2.12 bits per heavy atom. The lowest BCUT2D eigenvalue weighted by Gasteiger charge is -2.31. The number of rotatable bonds is 25. The van der Waals surface area contributed by atoms with Gasteiger partial charge in [0.2, 0.25) is 15.9 Å². The van der Waals surface area contributed by atoms with E-state index in [0.29, 0.717) is 25.1 Å². The van der Waals surface area contributed by atoms with Gasteiger partial charge in [-0.2, -0.15) is 4.31 Å². The molecule has 2 aliphatic rings. The van der Waals surface area contributed by atoms with Crippen molar-refractivity contribution in [1.29, 1.82) is 0 Å². The van der Waals surface area contributed by atoms with Crippen molar-refractivity contribution in [2.24, 2.45) is 11.8 Å². The summed E-state index contributed by atoms with van der Waals surface area (Å²) in [7, 11) is -4.07. The van der Waals surface area contributed by atoms with Gasteiger partial charge in [0.15, 0.2) is 6.29 Å². The number of anilines is 1. The molecule has 0 aromatic heterocycles. The largest absolute Gasteiger partial charge is 0.443 e. The highest BCUT2D eigenvalue weighted by Gasteiger charge is 2.44. The van der Waals surface area contributed by atoms with Crippen molar-refractivity contribution in [3.63, 3.8) is 0 Å². The van der Waals surface area contributed by atoms with Crippen molar-refractivity contribution in [2.75, 3.05) is 31.6 Å². The molecule has 322 valence electrons. The van der Waals surface area contributed by atoms with Crippen LogP contribution in [0.5, 0.6) is 0 Å². The topological polar surface area (TPSA) is 144 Å². The maximum absolute atomic E-state index is 14.0. The number of aliphatic hydroxyl groups excluding tert-OH is 1. The summed E-state index contributed by atoms with van der Waals surface area (Å²) in [5.41, 5.74) is 1.35. The highest BCUT2D eigenvalue weighted by atomic mass is 32.2. The molecular formula is C47H65N3O8S. The first-order valence-electron chi connectivity index (χ1n) is 21.1. The van der Waals surface area contributed by atoms with Gasteiger partial charge in [-0.3, -0.25) is 4.79 Å². The fourth-order valence-electron chi connectivity index (χ4n) is 6.87. The van der Waals surface area contributed by atoms with Crippen molar-refractivity contribution in [2.45, 2.75) is 114 Å². The number of alkyl carbamates (subject to hydrolysis) is 1. The van der Waals surface area contributed by atoms with Crippen molar-refractivity contribution < 1.29 is 37.3 Å². The lowest BCUT2D eigenvalue weighted by atomic mass is 10.0. The van der Waals surface area contributed by atoms with E-state index < -0.39 is 34.4 Å². The van der Waals surface area contributed by atoms with E-state index in [9.17, 15) is 23.1 Å². The first kappa shape index (κ1) is 47.3. The number of aliphatic hydroxyl groups is 1. The minimum absolute atomic E-state index is 0.0308. The SMILES string of the molecule is CCC=CCC=CCC=CCC=CCC=CCCCC(=O)Nc1ccc(S(=O)(=O)N(CC(C)C)C[C@@H](O)[C@H](Cc2ccccc2)NC(=O)O[C@H]2CO[C@H]3OCC[C@H]32)cc1. The summed E-state index contributed by atoms with van der Waals surface area (Å²) >= 11 is 0. The maximum Gasteiger partial charge on any atom is 0.407 e. The third-order valence-corrected chi connectivity index (χ3v) is 11.8. The van der Waals surface area contributed by atoms with E-state index >= 15 is 0 Å². The zero-order valence-electron chi connectivity index (χ0n) is 35.0. The number of hydrogen-bond donors (Lipinski definition) is 3. The Labute approximate surface area is 352 Å². The molecule has 5 atom stereocenters. The summed E-state index contributed by atoms with van der Waals surface area (Å²) in [6.07, 6.45) is 26.3. The summed E-state index contributed by atoms with van der Waals surface area (Å²) in [5, 5.41) is 17.3. The molecular weight excluding hydrogens is 767 g/mol. The average molecular weight is 832 g/mol. The van der Waals surface area contributed by atoms with Crippen LogP contribution >= 0.6 is 0 Å². The number of carbonyl (C=O) groups excluding carboxylic acids is 2. The predicted octanol–water partition coefficient (Wildman–Crippen LogP) is 8.65. The highest BCUT2D eigenvalue weighted by Crippen LogP contribution is 2.33. The minimum atomic E-state index is -4.07. The number of hydrogen-bond acceptors (Lipinski definition) is 8. The zero-order chi connectivity index (χ0) is 42.3. The van der Waals surface area contributed by atoms with Crippen LogP contribution in [-0.2, 0) is 35.4 Å². The molecule has 2 fully saturated rings. The second-order valence-electron chi connectivity index (χ2n) is 15.4. The monoisotopic (exact) mass is 831 g/mol. The van der Waals surface area contributed by atoms with Gasteiger partial charge in [0.25, 0.3) is 0 Å². The normalized spacial score (nSPS) is 19.5. The van der Waals surface area contributed by atoms with Gasteiger partial charge in [0, 0.05) is 25.2 Å². The molecule has 3 N–H and O–H groups in total. The van der Waals surface area contributed by atoms with Crippen molar-refractivity contribution in [3.8, 4) is 0 Å². The van der Waals surface area contributed by atoms with Crippen LogP contribution < -0.4 is 10.6 Å². The molecule has 59 heavy (non-hydrogen) atoms. The molecule has 11 nitrogen and oxygen atoms in total. The zero-order valence-corrected chi connectivity index (χ0v) is 35.8. The second kappa shape index (κ2) is 26.0. The molecule has 2 saturated heterocycles. The molecule has 12 heteroatoms. The number of benzene rings is 2. The van der Waals surface area contributed by atoms with Gasteiger partial charge in [-0.05, 0) is 93.5 Å². The number of nitrogens with zero attached hydrogens (tertiary/aromatic N) is 1. The number of nitrogens with one attached hydrogen (secondary N) is 2. The Bertz CT molecular complexity index is 1810. The number of unbranched alkanes of at least 4 members (excludes halogenated alkanes) is 1. The highest BCUT2D eigenvalue weighted by molar-refractivity contribution is 7.89. The quantitative estimate of drug-likeness (QED) is 0.0667. The van der Waals surface area contributed by atoms with Crippen LogP contribution in [0, 0.1) is 11.8 Å². The van der Waals surface area contributed by atoms with Gasteiger partial charge in [0.05, 0.1) is 36.2 Å². The van der Waals surface area contributed by atoms with Crippen LogP contribution in [0.2, 0.25) is 0 Å². The maximum atomic E-state index is 14.0. The van der Waals surface area contributed by atoms with Crippen molar-refractivity contribution in [3.05, 3.63) is 121 Å². The predicted molar refractivity (Wildman–Crippen MR) is 234 cm³/mol. The Morgan fingerprint density at radius 1 is 0.864 bits per heavy atom. The van der Waals surface area contributed by atoms with Crippen LogP contribution in [0.3, 0.4) is 0 Å². The summed E-state index contributed by atoms with van der Waals surface area (Å²) in [5.74, 6) is -0.255. The molecule has 2 heterocycles. The lowest BCUT2D eigenvalue weighted by Crippen LogP contribution is -2.51. The summed E-state index contributed by atoms with van der Waals surface area (Å²) < 4.78 is 46.2. The van der Waals surface area contributed by atoms with Gasteiger partial charge in [0.1, 0.15) is 6.10 Å². The van der Waals surface area contributed by atoms with E-state index in [1.807, 2.05) is 44.2 Å². The third kappa shape index (κ3) is 17.1. The van der Waals surface area contributed by atoms with Gasteiger partial charge >= 0.3 is 6.09 Å². The molecule has 0 bridgehead atoms. The number of sulfonamides is 1. The molecule has 2 aromatic carbocycles.